The Morgan fingerprint density at radius 3 is 2.46 bits per heavy atom. The highest BCUT2D eigenvalue weighted by Crippen LogP contribution is 2.06. The van der Waals surface area contributed by atoms with Crippen LogP contribution in [0.2, 0.25) is 0 Å². The van der Waals surface area contributed by atoms with Gasteiger partial charge in [-0.15, -0.1) is 0 Å². The third-order valence-electron chi connectivity index (χ3n) is 1.90. The fourth-order valence-corrected chi connectivity index (χ4v) is 1.10. The van der Waals surface area contributed by atoms with Gasteiger partial charge in [-0.1, -0.05) is 6.92 Å². The molecule has 5 heteroatoms. The minimum Gasteiger partial charge on any atom is -0.453 e. The van der Waals surface area contributed by atoms with Crippen molar-refractivity contribution in [1.82, 2.24) is 4.90 Å². The van der Waals surface area contributed by atoms with Crippen LogP contribution in [0.25, 0.3) is 0 Å². The van der Waals surface area contributed by atoms with Crippen molar-refractivity contribution in [2.45, 2.75) is 19.4 Å². The van der Waals surface area contributed by atoms with E-state index in [1.165, 1.54) is 7.11 Å². The van der Waals surface area contributed by atoms with Crippen molar-refractivity contribution in [2.75, 3.05) is 26.7 Å². The molecule has 1 unspecified atom stereocenters. The summed E-state index contributed by atoms with van der Waals surface area (Å²) >= 11 is 0. The Bertz CT molecular complexity index is 152. The summed E-state index contributed by atoms with van der Waals surface area (Å²) in [5.41, 5.74) is 4.43. The second-order valence-corrected chi connectivity index (χ2v) is 2.86. The predicted molar refractivity (Wildman–Crippen MR) is 49.3 cm³/mol. The molecule has 3 N–H and O–H groups in total. The number of β-amino-alcohol motifs (C(OH)–C–C–N with tert-alkyl or cyclic N) is 1. The molecule has 78 valence electrons. The number of nitrogens with zero attached hydrogens (tertiary/aromatic N) is 1. The maximum absolute atomic E-state index is 9.37. The number of amides is 1. The highest BCUT2D eigenvalue weighted by molar-refractivity contribution is 5.64. The number of carbonyl (C=O) groups excluding carboxylic acids is 1. The number of nitrogens with two attached hydrogens (primary N) is 1. The van der Waals surface area contributed by atoms with Crippen LogP contribution in [0.4, 0.5) is 4.79 Å². The molecule has 0 bridgehead atoms. The standard InChI is InChI=1S/C6H13NO.C2H5NO2/c1-2-7-4-3-6(8)5-7;1-5-2(3)4/h6,8H,2-5H2,1H3;1H3,(H2,3,4). The first kappa shape index (κ1) is 12.2. The average molecular weight is 190 g/mol. The van der Waals surface area contributed by atoms with Gasteiger partial charge in [0, 0.05) is 13.1 Å². The maximum Gasteiger partial charge on any atom is 0.404 e. The summed E-state index contributed by atoms with van der Waals surface area (Å²) in [6.07, 6.45) is 0.174. The van der Waals surface area contributed by atoms with E-state index in [1.54, 1.807) is 0 Å². The lowest BCUT2D eigenvalue weighted by Gasteiger charge is -2.09. The maximum atomic E-state index is 9.37. The number of carbonyl (C=O) groups is 1. The number of likely N-dealkylation sites (tertiary alicyclic amines) is 1. The van der Waals surface area contributed by atoms with Gasteiger partial charge in [-0.2, -0.15) is 0 Å². The van der Waals surface area contributed by atoms with E-state index in [0.717, 1.165) is 26.1 Å². The molecule has 1 aliphatic rings. The van der Waals surface area contributed by atoms with Gasteiger partial charge < -0.3 is 20.5 Å². The Balaban J connectivity index is 0.000000252. The Morgan fingerprint density at radius 2 is 2.31 bits per heavy atom. The van der Waals surface area contributed by atoms with E-state index in [0.29, 0.717) is 0 Å². The smallest absolute Gasteiger partial charge is 0.404 e. The Kier molecular flexibility index (Phi) is 6.26. The molecule has 0 aliphatic carbocycles. The van der Waals surface area contributed by atoms with Crippen molar-refractivity contribution in [1.29, 1.82) is 0 Å². The van der Waals surface area contributed by atoms with E-state index in [1.807, 2.05) is 0 Å². The molecule has 0 aromatic rings. The van der Waals surface area contributed by atoms with Gasteiger partial charge in [0.15, 0.2) is 0 Å². The summed E-state index contributed by atoms with van der Waals surface area (Å²) in [5, 5.41) is 8.99. The number of rotatable bonds is 1. The highest BCUT2D eigenvalue weighted by atomic mass is 16.5. The molecule has 0 saturated carbocycles. The first-order chi connectivity index (χ1) is 6.10. The Hall–Kier alpha value is -0.810. The second kappa shape index (κ2) is 6.68. The molecule has 1 amide bonds. The number of hydrogen-bond donors (Lipinski definition) is 2. The summed E-state index contributed by atoms with van der Waals surface area (Å²) in [6.45, 7) is 5.17. The van der Waals surface area contributed by atoms with Crippen LogP contribution in [-0.2, 0) is 4.74 Å². The van der Waals surface area contributed by atoms with Crippen LogP contribution in [0.5, 0.6) is 0 Å². The number of ether oxygens (including phenoxy) is 1. The molecule has 1 fully saturated rings. The molecule has 1 aliphatic heterocycles. The summed E-state index contributed by atoms with van der Waals surface area (Å²) in [6, 6.07) is 0. The molecule has 1 heterocycles. The first-order valence-corrected chi connectivity index (χ1v) is 4.34. The SMILES string of the molecule is CCN1CCC(O)C1.COC(N)=O. The molecular formula is C8H18N2O3. The van der Waals surface area contributed by atoms with Crippen molar-refractivity contribution in [3.05, 3.63) is 0 Å². The summed E-state index contributed by atoms with van der Waals surface area (Å²) in [4.78, 5) is 11.6. The lowest BCUT2D eigenvalue weighted by atomic mass is 10.3. The van der Waals surface area contributed by atoms with Gasteiger partial charge in [0.1, 0.15) is 0 Å². The van der Waals surface area contributed by atoms with Crippen molar-refractivity contribution >= 4 is 6.09 Å². The van der Waals surface area contributed by atoms with Gasteiger partial charge in [-0.25, -0.2) is 4.79 Å². The van der Waals surface area contributed by atoms with E-state index in [2.05, 4.69) is 22.3 Å². The lowest BCUT2D eigenvalue weighted by Crippen LogP contribution is -2.21. The number of likely N-dealkylation sites (N-methyl/N-ethyl adjacent to an activating group) is 1. The van der Waals surface area contributed by atoms with Crippen LogP contribution in [-0.4, -0.2) is 48.9 Å². The molecule has 13 heavy (non-hydrogen) atoms. The molecule has 1 rings (SSSR count). The van der Waals surface area contributed by atoms with Crippen LogP contribution in [0.1, 0.15) is 13.3 Å². The zero-order chi connectivity index (χ0) is 10.3. The zero-order valence-corrected chi connectivity index (χ0v) is 8.19. The fraction of sp³-hybridized carbons (Fsp3) is 0.875. The van der Waals surface area contributed by atoms with Crippen LogP contribution >= 0.6 is 0 Å². The molecular weight excluding hydrogens is 172 g/mol. The molecule has 0 spiro atoms. The van der Waals surface area contributed by atoms with E-state index in [9.17, 15) is 4.79 Å². The Labute approximate surface area is 78.5 Å². The average Bonchev–Trinajstić information content (AvgIpc) is 2.52. The highest BCUT2D eigenvalue weighted by Gasteiger charge is 2.17. The zero-order valence-electron chi connectivity index (χ0n) is 8.19. The molecule has 0 aromatic carbocycles. The fourth-order valence-electron chi connectivity index (χ4n) is 1.10. The van der Waals surface area contributed by atoms with Crippen LogP contribution in [0.3, 0.4) is 0 Å². The molecule has 0 aromatic heterocycles. The minimum absolute atomic E-state index is 0.0463. The number of primary amides is 1. The van der Waals surface area contributed by atoms with E-state index in [-0.39, 0.29) is 6.10 Å². The molecule has 0 radical (unpaired) electrons. The van der Waals surface area contributed by atoms with Crippen LogP contribution in [0.15, 0.2) is 0 Å². The minimum atomic E-state index is -0.745. The van der Waals surface area contributed by atoms with Gasteiger partial charge in [0.2, 0.25) is 0 Å². The van der Waals surface area contributed by atoms with E-state index in [4.69, 9.17) is 5.11 Å². The van der Waals surface area contributed by atoms with E-state index < -0.39 is 6.09 Å². The number of aliphatic hydroxyl groups excluding tert-OH is 1. The van der Waals surface area contributed by atoms with Gasteiger partial charge in [0.05, 0.1) is 13.2 Å². The third kappa shape index (κ3) is 6.36. The predicted octanol–water partition coefficient (Wildman–Crippen LogP) is -0.216. The van der Waals surface area contributed by atoms with E-state index >= 15 is 0 Å². The number of methoxy groups -OCH3 is 1. The second-order valence-electron chi connectivity index (χ2n) is 2.86. The lowest BCUT2D eigenvalue weighted by molar-refractivity contribution is 0.178. The molecule has 5 nitrogen and oxygen atoms in total. The van der Waals surface area contributed by atoms with Crippen molar-refractivity contribution in [3.8, 4) is 0 Å². The van der Waals surface area contributed by atoms with Gasteiger partial charge in [-0.05, 0) is 13.0 Å². The topological polar surface area (TPSA) is 75.8 Å². The summed E-state index contributed by atoms with van der Waals surface area (Å²) < 4.78 is 3.89. The monoisotopic (exact) mass is 190 g/mol. The van der Waals surface area contributed by atoms with Crippen LogP contribution in [0, 0.1) is 0 Å². The number of hydrogen-bond acceptors (Lipinski definition) is 4. The molecule has 1 atom stereocenters. The molecule has 1 saturated heterocycles. The van der Waals surface area contributed by atoms with Crippen LogP contribution < -0.4 is 5.73 Å². The first-order valence-electron chi connectivity index (χ1n) is 4.34. The summed E-state index contributed by atoms with van der Waals surface area (Å²) in [5.74, 6) is 0. The largest absolute Gasteiger partial charge is 0.453 e. The Morgan fingerprint density at radius 1 is 1.77 bits per heavy atom. The van der Waals surface area contributed by atoms with Gasteiger partial charge in [-0.3, -0.25) is 0 Å². The number of aliphatic hydroxyl groups is 1. The van der Waals surface area contributed by atoms with Crippen molar-refractivity contribution in [3.63, 3.8) is 0 Å². The van der Waals surface area contributed by atoms with Gasteiger partial charge >= 0.3 is 6.09 Å². The third-order valence-corrected chi connectivity index (χ3v) is 1.90. The normalized spacial score (nSPS) is 21.9. The van der Waals surface area contributed by atoms with Gasteiger partial charge in [0.25, 0.3) is 0 Å². The van der Waals surface area contributed by atoms with Crippen molar-refractivity contribution < 1.29 is 14.6 Å². The quantitative estimate of drug-likeness (QED) is 0.599. The van der Waals surface area contributed by atoms with Crippen molar-refractivity contribution in [2.24, 2.45) is 5.73 Å². The summed E-state index contributed by atoms with van der Waals surface area (Å²) in [7, 11) is 1.22.